The number of anilines is 1. The van der Waals surface area contributed by atoms with Crippen LogP contribution in [0.4, 0.5) is 5.69 Å². The molecule has 1 atom stereocenters. The average molecular weight is 289 g/mol. The topological polar surface area (TPSA) is 52.7 Å². The molecule has 0 spiro atoms. The van der Waals surface area contributed by atoms with Gasteiger partial charge in [0.05, 0.1) is 6.10 Å². The van der Waals surface area contributed by atoms with Gasteiger partial charge in [0.1, 0.15) is 0 Å². The number of fused-ring (bicyclic) bond motifs is 1. The molecule has 3 N–H and O–H groups in total. The van der Waals surface area contributed by atoms with Gasteiger partial charge in [-0.05, 0) is 42.9 Å². The number of hydrogen-bond acceptors (Lipinski definition) is 4. The highest BCUT2D eigenvalue weighted by Crippen LogP contribution is 2.41. The Morgan fingerprint density at radius 1 is 1.24 bits per heavy atom. The van der Waals surface area contributed by atoms with Crippen molar-refractivity contribution in [2.24, 2.45) is 5.73 Å². The summed E-state index contributed by atoms with van der Waals surface area (Å²) in [5.74, 6) is 0. The van der Waals surface area contributed by atoms with Crippen LogP contribution in [-0.2, 0) is 6.54 Å². The molecule has 1 aliphatic carbocycles. The lowest BCUT2D eigenvalue weighted by molar-refractivity contribution is 0.0572. The van der Waals surface area contributed by atoms with Crippen LogP contribution in [0, 0.1) is 0 Å². The minimum atomic E-state index is -0.0973. The number of aliphatic hydroxyl groups is 1. The van der Waals surface area contributed by atoms with E-state index in [9.17, 15) is 5.11 Å². The van der Waals surface area contributed by atoms with Crippen LogP contribution in [0.15, 0.2) is 18.2 Å². The largest absolute Gasteiger partial charge is 0.393 e. The zero-order chi connectivity index (χ0) is 15.0. The van der Waals surface area contributed by atoms with Gasteiger partial charge in [-0.15, -0.1) is 0 Å². The van der Waals surface area contributed by atoms with Crippen molar-refractivity contribution in [1.29, 1.82) is 0 Å². The van der Waals surface area contributed by atoms with E-state index in [1.165, 1.54) is 16.8 Å². The van der Waals surface area contributed by atoms with Crippen molar-refractivity contribution >= 4 is 5.69 Å². The normalized spacial score (nSPS) is 29.4. The molecule has 0 aromatic heterocycles. The first kappa shape index (κ1) is 14.8. The van der Waals surface area contributed by atoms with Crippen LogP contribution >= 0.6 is 0 Å². The number of nitrogens with two attached hydrogens (primary N) is 1. The van der Waals surface area contributed by atoms with E-state index in [1.54, 1.807) is 0 Å². The highest BCUT2D eigenvalue weighted by molar-refractivity contribution is 5.58. The Labute approximate surface area is 127 Å². The van der Waals surface area contributed by atoms with Crippen LogP contribution in [0.2, 0.25) is 0 Å². The molecule has 0 saturated heterocycles. The van der Waals surface area contributed by atoms with Crippen LogP contribution in [0.1, 0.15) is 42.9 Å². The molecule has 1 unspecified atom stereocenters. The highest BCUT2D eigenvalue weighted by Gasteiger charge is 2.36. The van der Waals surface area contributed by atoms with E-state index in [2.05, 4.69) is 42.1 Å². The maximum absolute atomic E-state index is 9.73. The summed E-state index contributed by atoms with van der Waals surface area (Å²) in [6.45, 7) is 1.66. The first-order chi connectivity index (χ1) is 10.1. The fraction of sp³-hybridized carbons (Fsp3) is 0.647. The SMILES string of the molecule is CN(C)c1cccc2c1CN(C1CCC(O)CC1)C2CN. The van der Waals surface area contributed by atoms with Gasteiger partial charge in [-0.1, -0.05) is 12.1 Å². The molecule has 21 heavy (non-hydrogen) atoms. The third-order valence-corrected chi connectivity index (χ3v) is 5.13. The number of hydrogen-bond donors (Lipinski definition) is 2. The number of benzene rings is 1. The maximum atomic E-state index is 9.73. The van der Waals surface area contributed by atoms with Gasteiger partial charge in [-0.2, -0.15) is 0 Å². The van der Waals surface area contributed by atoms with Crippen LogP contribution in [0.5, 0.6) is 0 Å². The molecule has 0 amide bonds. The summed E-state index contributed by atoms with van der Waals surface area (Å²) < 4.78 is 0. The molecule has 1 aliphatic heterocycles. The van der Waals surface area contributed by atoms with Crippen molar-refractivity contribution < 1.29 is 5.11 Å². The van der Waals surface area contributed by atoms with E-state index in [4.69, 9.17) is 5.73 Å². The van der Waals surface area contributed by atoms with E-state index in [1.807, 2.05) is 0 Å². The Bertz CT molecular complexity index is 495. The lowest BCUT2D eigenvalue weighted by Crippen LogP contribution is -2.40. The van der Waals surface area contributed by atoms with E-state index < -0.39 is 0 Å². The fourth-order valence-electron chi connectivity index (χ4n) is 4.00. The highest BCUT2D eigenvalue weighted by atomic mass is 16.3. The third kappa shape index (κ3) is 2.68. The molecule has 0 bridgehead atoms. The van der Waals surface area contributed by atoms with Crippen molar-refractivity contribution in [3.63, 3.8) is 0 Å². The Balaban J connectivity index is 1.87. The van der Waals surface area contributed by atoms with Crippen LogP contribution in [-0.4, -0.2) is 42.8 Å². The first-order valence-electron chi connectivity index (χ1n) is 8.04. The Hall–Kier alpha value is -1.10. The van der Waals surface area contributed by atoms with Crippen molar-refractivity contribution in [2.45, 2.75) is 50.4 Å². The summed E-state index contributed by atoms with van der Waals surface area (Å²) in [5, 5.41) is 9.73. The fourth-order valence-corrected chi connectivity index (χ4v) is 4.00. The second kappa shape index (κ2) is 5.95. The summed E-state index contributed by atoms with van der Waals surface area (Å²) in [4.78, 5) is 4.77. The molecular weight excluding hydrogens is 262 g/mol. The van der Waals surface area contributed by atoms with Gasteiger partial charge >= 0.3 is 0 Å². The maximum Gasteiger partial charge on any atom is 0.0541 e. The lowest BCUT2D eigenvalue weighted by atomic mass is 9.91. The summed E-state index contributed by atoms with van der Waals surface area (Å²) in [5.41, 5.74) is 10.2. The van der Waals surface area contributed by atoms with Crippen molar-refractivity contribution in [3.05, 3.63) is 29.3 Å². The first-order valence-corrected chi connectivity index (χ1v) is 8.04. The van der Waals surface area contributed by atoms with Gasteiger partial charge in [-0.3, -0.25) is 4.90 Å². The second-order valence-electron chi connectivity index (χ2n) is 6.63. The minimum Gasteiger partial charge on any atom is -0.393 e. The van der Waals surface area contributed by atoms with Crippen molar-refractivity contribution in [2.75, 3.05) is 25.5 Å². The molecular formula is C17H27N3O. The van der Waals surface area contributed by atoms with Gasteiger partial charge in [0, 0.05) is 45.0 Å². The van der Waals surface area contributed by atoms with E-state index >= 15 is 0 Å². The van der Waals surface area contributed by atoms with E-state index in [0.29, 0.717) is 18.6 Å². The third-order valence-electron chi connectivity index (χ3n) is 5.13. The molecule has 0 radical (unpaired) electrons. The minimum absolute atomic E-state index is 0.0973. The van der Waals surface area contributed by atoms with E-state index in [0.717, 1.165) is 32.2 Å². The predicted molar refractivity (Wildman–Crippen MR) is 86.4 cm³/mol. The van der Waals surface area contributed by atoms with Crippen LogP contribution < -0.4 is 10.6 Å². The van der Waals surface area contributed by atoms with Gasteiger partial charge in [-0.25, -0.2) is 0 Å². The molecule has 1 fully saturated rings. The number of aliphatic hydroxyl groups excluding tert-OH is 1. The van der Waals surface area contributed by atoms with Gasteiger partial charge < -0.3 is 15.7 Å². The number of nitrogens with zero attached hydrogens (tertiary/aromatic N) is 2. The zero-order valence-electron chi connectivity index (χ0n) is 13.1. The Morgan fingerprint density at radius 2 is 1.95 bits per heavy atom. The van der Waals surface area contributed by atoms with Gasteiger partial charge in [0.2, 0.25) is 0 Å². The quantitative estimate of drug-likeness (QED) is 0.892. The molecule has 4 heteroatoms. The summed E-state index contributed by atoms with van der Waals surface area (Å²) >= 11 is 0. The van der Waals surface area contributed by atoms with Crippen molar-refractivity contribution in [3.8, 4) is 0 Å². The average Bonchev–Trinajstić information content (AvgIpc) is 2.86. The smallest absolute Gasteiger partial charge is 0.0541 e. The molecule has 4 nitrogen and oxygen atoms in total. The molecule has 1 saturated carbocycles. The molecule has 1 aromatic carbocycles. The predicted octanol–water partition coefficient (Wildman–Crippen LogP) is 1.87. The Kier molecular flexibility index (Phi) is 4.20. The summed E-state index contributed by atoms with van der Waals surface area (Å²) in [6, 6.07) is 7.47. The summed E-state index contributed by atoms with van der Waals surface area (Å²) in [7, 11) is 4.21. The monoisotopic (exact) mass is 289 g/mol. The molecule has 3 rings (SSSR count). The summed E-state index contributed by atoms with van der Waals surface area (Å²) in [6.07, 6.45) is 3.93. The molecule has 2 aliphatic rings. The zero-order valence-corrected chi connectivity index (χ0v) is 13.1. The second-order valence-corrected chi connectivity index (χ2v) is 6.63. The van der Waals surface area contributed by atoms with Crippen molar-refractivity contribution in [1.82, 2.24) is 4.90 Å². The van der Waals surface area contributed by atoms with Gasteiger partial charge in [0.15, 0.2) is 0 Å². The standard InChI is InChI=1S/C17H27N3O/c1-19(2)16-5-3-4-14-15(16)11-20(17(14)10-18)12-6-8-13(21)9-7-12/h3-5,12-13,17,21H,6-11,18H2,1-2H3. The lowest BCUT2D eigenvalue weighted by Gasteiger charge is -2.36. The molecule has 1 aromatic rings. The molecule has 116 valence electrons. The number of rotatable bonds is 3. The molecule has 1 heterocycles. The van der Waals surface area contributed by atoms with Gasteiger partial charge in [0.25, 0.3) is 0 Å². The van der Waals surface area contributed by atoms with Crippen LogP contribution in [0.25, 0.3) is 0 Å². The van der Waals surface area contributed by atoms with E-state index in [-0.39, 0.29) is 6.10 Å². The Morgan fingerprint density at radius 3 is 2.57 bits per heavy atom. The van der Waals surface area contributed by atoms with Crippen LogP contribution in [0.3, 0.4) is 0 Å².